The second-order valence-electron chi connectivity index (χ2n) is 3.09. The average Bonchev–Trinajstić information content (AvgIpc) is 2.04. The summed E-state index contributed by atoms with van der Waals surface area (Å²) in [6.07, 6.45) is 2.75. The van der Waals surface area contributed by atoms with Crippen LogP contribution in [0.3, 0.4) is 0 Å². The van der Waals surface area contributed by atoms with Crippen LogP contribution in [-0.2, 0) is 9.84 Å². The molecule has 0 radical (unpaired) electrons. The molecule has 0 bridgehead atoms. The fourth-order valence-corrected chi connectivity index (χ4v) is 1.65. The molecule has 72 valence electrons. The smallest absolute Gasteiger partial charge is 0.199 e. The first-order chi connectivity index (χ1) is 5.94. The van der Waals surface area contributed by atoms with Crippen LogP contribution < -0.4 is 0 Å². The van der Waals surface area contributed by atoms with E-state index in [1.807, 2.05) is 0 Å². The molecule has 0 N–H and O–H groups in total. The first-order valence-electron chi connectivity index (χ1n) is 3.97. The lowest BCUT2D eigenvalue weighted by atomic mass is 10.5. The molecule has 0 spiro atoms. The second-order valence-corrected chi connectivity index (χ2v) is 5.54. The van der Waals surface area contributed by atoms with Crippen LogP contribution in [0.25, 0.3) is 0 Å². The highest BCUT2D eigenvalue weighted by Gasteiger charge is 2.20. The Morgan fingerprint density at radius 2 is 1.85 bits per heavy atom. The zero-order chi connectivity index (χ0) is 10.1. The lowest BCUT2D eigenvalue weighted by Crippen LogP contribution is -2.15. The van der Waals surface area contributed by atoms with Gasteiger partial charge in [-0.15, -0.1) is 0 Å². The topological polar surface area (TPSA) is 59.9 Å². The molecule has 0 aliphatic carbocycles. The largest absolute Gasteiger partial charge is 0.257 e. The van der Waals surface area contributed by atoms with Crippen molar-refractivity contribution < 1.29 is 8.42 Å². The van der Waals surface area contributed by atoms with E-state index in [0.29, 0.717) is 5.69 Å². The van der Waals surface area contributed by atoms with Gasteiger partial charge in [-0.3, -0.25) is 4.98 Å². The molecule has 0 aromatic carbocycles. The third-order valence-corrected chi connectivity index (χ3v) is 3.70. The molecule has 5 heteroatoms. The third-order valence-electron chi connectivity index (χ3n) is 1.67. The molecule has 1 heterocycles. The van der Waals surface area contributed by atoms with Gasteiger partial charge in [-0.25, -0.2) is 13.4 Å². The van der Waals surface area contributed by atoms with Gasteiger partial charge < -0.3 is 0 Å². The molecule has 0 fully saturated rings. The SMILES string of the molecule is Cc1cnc(S(=O)(=O)C(C)C)cn1. The lowest BCUT2D eigenvalue weighted by Gasteiger charge is -2.05. The van der Waals surface area contributed by atoms with Crippen LogP contribution in [0.2, 0.25) is 0 Å². The molecule has 1 aromatic heterocycles. The van der Waals surface area contributed by atoms with E-state index in [1.165, 1.54) is 12.4 Å². The number of hydrogen-bond donors (Lipinski definition) is 0. The van der Waals surface area contributed by atoms with Crippen molar-refractivity contribution in [2.45, 2.75) is 31.0 Å². The molecule has 13 heavy (non-hydrogen) atoms. The van der Waals surface area contributed by atoms with Gasteiger partial charge in [0.05, 0.1) is 17.1 Å². The molecule has 1 aromatic rings. The summed E-state index contributed by atoms with van der Waals surface area (Å²) in [6.45, 7) is 5.01. The first-order valence-corrected chi connectivity index (χ1v) is 5.52. The fraction of sp³-hybridized carbons (Fsp3) is 0.500. The maximum Gasteiger partial charge on any atom is 0.199 e. The first kappa shape index (κ1) is 10.1. The van der Waals surface area contributed by atoms with Gasteiger partial charge in [0.15, 0.2) is 14.9 Å². The molecule has 1 rings (SSSR count). The number of aromatic nitrogens is 2. The summed E-state index contributed by atoms with van der Waals surface area (Å²) in [5, 5.41) is -0.405. The molecular weight excluding hydrogens is 188 g/mol. The van der Waals surface area contributed by atoms with E-state index in [9.17, 15) is 8.42 Å². The summed E-state index contributed by atoms with van der Waals surface area (Å²) in [5.41, 5.74) is 0.711. The Morgan fingerprint density at radius 3 is 2.23 bits per heavy atom. The lowest BCUT2D eigenvalue weighted by molar-refractivity contribution is 0.582. The molecule has 4 nitrogen and oxygen atoms in total. The Morgan fingerprint density at radius 1 is 1.23 bits per heavy atom. The highest BCUT2D eigenvalue weighted by atomic mass is 32.2. The van der Waals surface area contributed by atoms with Crippen molar-refractivity contribution in [2.24, 2.45) is 0 Å². The normalized spacial score (nSPS) is 12.0. The van der Waals surface area contributed by atoms with Crippen LogP contribution in [0.5, 0.6) is 0 Å². The molecule has 0 saturated carbocycles. The van der Waals surface area contributed by atoms with Gasteiger partial charge in [0.1, 0.15) is 0 Å². The minimum atomic E-state index is -3.27. The monoisotopic (exact) mass is 200 g/mol. The van der Waals surface area contributed by atoms with Gasteiger partial charge in [-0.05, 0) is 20.8 Å². The molecular formula is C8H12N2O2S. The van der Waals surface area contributed by atoms with Crippen molar-refractivity contribution >= 4 is 9.84 Å². The van der Waals surface area contributed by atoms with Crippen molar-refractivity contribution in [3.05, 3.63) is 18.1 Å². The van der Waals surface area contributed by atoms with Gasteiger partial charge in [-0.1, -0.05) is 0 Å². The van der Waals surface area contributed by atoms with Crippen LogP contribution in [0.15, 0.2) is 17.4 Å². The summed E-state index contributed by atoms with van der Waals surface area (Å²) in [6, 6.07) is 0. The van der Waals surface area contributed by atoms with E-state index in [1.54, 1.807) is 20.8 Å². The van der Waals surface area contributed by atoms with Gasteiger partial charge in [0.2, 0.25) is 0 Å². The number of sulfone groups is 1. The quantitative estimate of drug-likeness (QED) is 0.713. The van der Waals surface area contributed by atoms with E-state index in [0.717, 1.165) is 0 Å². The van der Waals surface area contributed by atoms with Crippen molar-refractivity contribution in [3.8, 4) is 0 Å². The third kappa shape index (κ3) is 2.03. The Kier molecular flexibility index (Phi) is 2.66. The summed E-state index contributed by atoms with van der Waals surface area (Å²) in [7, 11) is -3.27. The number of hydrogen-bond acceptors (Lipinski definition) is 4. The Bertz CT molecular complexity index is 381. The molecule has 0 unspecified atom stereocenters. The summed E-state index contributed by atoms with van der Waals surface area (Å²) < 4.78 is 23.1. The molecule has 0 amide bonds. The van der Waals surface area contributed by atoms with Gasteiger partial charge in [0.25, 0.3) is 0 Å². The minimum absolute atomic E-state index is 0.0492. The van der Waals surface area contributed by atoms with Crippen LogP contribution in [0, 0.1) is 6.92 Å². The molecule has 0 atom stereocenters. The predicted molar refractivity (Wildman–Crippen MR) is 49.1 cm³/mol. The van der Waals surface area contributed by atoms with Gasteiger partial charge >= 0.3 is 0 Å². The maximum atomic E-state index is 11.5. The molecule has 0 aliphatic heterocycles. The summed E-state index contributed by atoms with van der Waals surface area (Å²) in [4.78, 5) is 7.71. The number of aryl methyl sites for hydroxylation is 1. The number of nitrogens with zero attached hydrogens (tertiary/aromatic N) is 2. The van der Waals surface area contributed by atoms with E-state index in [-0.39, 0.29) is 5.03 Å². The molecule has 0 aliphatic rings. The van der Waals surface area contributed by atoms with Crippen LogP contribution in [0.4, 0.5) is 0 Å². The van der Waals surface area contributed by atoms with Gasteiger partial charge in [-0.2, -0.15) is 0 Å². The van der Waals surface area contributed by atoms with E-state index in [4.69, 9.17) is 0 Å². The zero-order valence-corrected chi connectivity index (χ0v) is 8.67. The highest BCUT2D eigenvalue weighted by Crippen LogP contribution is 2.11. The van der Waals surface area contributed by atoms with Gasteiger partial charge in [0, 0.05) is 6.20 Å². The standard InChI is InChI=1S/C8H12N2O2S/c1-6(2)13(11,12)8-5-9-7(3)4-10-8/h4-6H,1-3H3. The van der Waals surface area contributed by atoms with Crippen molar-refractivity contribution in [1.82, 2.24) is 9.97 Å². The minimum Gasteiger partial charge on any atom is -0.257 e. The van der Waals surface area contributed by atoms with Crippen molar-refractivity contribution in [1.29, 1.82) is 0 Å². The Labute approximate surface area is 78.0 Å². The Hall–Kier alpha value is -0.970. The van der Waals surface area contributed by atoms with Crippen molar-refractivity contribution in [2.75, 3.05) is 0 Å². The summed E-state index contributed by atoms with van der Waals surface area (Å²) >= 11 is 0. The van der Waals surface area contributed by atoms with E-state index >= 15 is 0 Å². The highest BCUT2D eigenvalue weighted by molar-refractivity contribution is 7.91. The number of rotatable bonds is 2. The second kappa shape index (κ2) is 3.41. The van der Waals surface area contributed by atoms with Crippen molar-refractivity contribution in [3.63, 3.8) is 0 Å². The maximum absolute atomic E-state index is 11.5. The molecule has 0 saturated heterocycles. The predicted octanol–water partition coefficient (Wildman–Crippen LogP) is 0.967. The van der Waals surface area contributed by atoms with Crippen LogP contribution in [0.1, 0.15) is 19.5 Å². The Balaban J connectivity index is 3.17. The van der Waals surface area contributed by atoms with Crippen LogP contribution >= 0.6 is 0 Å². The fourth-order valence-electron chi connectivity index (χ4n) is 0.769. The zero-order valence-electron chi connectivity index (χ0n) is 7.85. The van der Waals surface area contributed by atoms with Crippen LogP contribution in [-0.4, -0.2) is 23.6 Å². The van der Waals surface area contributed by atoms with E-state index < -0.39 is 15.1 Å². The average molecular weight is 200 g/mol. The summed E-state index contributed by atoms with van der Waals surface area (Å²) in [5.74, 6) is 0. The van der Waals surface area contributed by atoms with E-state index in [2.05, 4.69) is 9.97 Å².